The zero-order valence-electron chi connectivity index (χ0n) is 12.0. The summed E-state index contributed by atoms with van der Waals surface area (Å²) in [5.74, 6) is -0.0115. The summed E-state index contributed by atoms with van der Waals surface area (Å²) in [6, 6.07) is 5.39. The number of ether oxygens (including phenoxy) is 2. The van der Waals surface area contributed by atoms with Gasteiger partial charge in [-0.2, -0.15) is 0 Å². The Balaban J connectivity index is 2.17. The molecule has 2 heterocycles. The van der Waals surface area contributed by atoms with Crippen molar-refractivity contribution >= 4 is 5.97 Å². The van der Waals surface area contributed by atoms with Gasteiger partial charge in [-0.15, -0.1) is 4.73 Å². The number of carbonyl (C=O) groups is 1. The number of hydrogen-bond donors (Lipinski definition) is 0. The smallest absolute Gasteiger partial charge is 0.352 e. The van der Waals surface area contributed by atoms with Crippen molar-refractivity contribution in [1.82, 2.24) is 9.30 Å². The van der Waals surface area contributed by atoms with Gasteiger partial charge < -0.3 is 18.9 Å². The van der Waals surface area contributed by atoms with E-state index in [1.165, 1.54) is 50.9 Å². The minimum atomic E-state index is -0.786. The quantitative estimate of drug-likeness (QED) is 0.752. The molecule has 0 amide bonds. The molecule has 0 atom stereocenters. The van der Waals surface area contributed by atoms with E-state index in [9.17, 15) is 14.4 Å². The van der Waals surface area contributed by atoms with Crippen molar-refractivity contribution in [3.8, 4) is 11.5 Å². The van der Waals surface area contributed by atoms with Gasteiger partial charge in [0.05, 0.1) is 20.4 Å². The molecular weight excluding hydrogens is 292 g/mol. The molecule has 0 aliphatic carbocycles. The van der Waals surface area contributed by atoms with Gasteiger partial charge in [-0.3, -0.25) is 9.59 Å². The zero-order chi connectivity index (χ0) is 16.1. The highest BCUT2D eigenvalue weighted by Crippen LogP contribution is 2.05. The molecule has 8 heteroatoms. The monoisotopic (exact) mass is 306 g/mol. The fraction of sp³-hybridized carbons (Fsp3) is 0.214. The Morgan fingerprint density at radius 1 is 0.955 bits per heavy atom. The summed E-state index contributed by atoms with van der Waals surface area (Å²) in [5.41, 5.74) is -0.928. The van der Waals surface area contributed by atoms with Crippen molar-refractivity contribution < 1.29 is 19.1 Å². The lowest BCUT2D eigenvalue weighted by atomic mass is 10.4. The van der Waals surface area contributed by atoms with Crippen LogP contribution in [0, 0.1) is 0 Å². The van der Waals surface area contributed by atoms with Crippen LogP contribution in [0.2, 0.25) is 0 Å². The second kappa shape index (κ2) is 6.61. The first-order valence-corrected chi connectivity index (χ1v) is 6.26. The average Bonchev–Trinajstić information content (AvgIpc) is 2.51. The summed E-state index contributed by atoms with van der Waals surface area (Å²) in [7, 11) is 2.86. The fourth-order valence-corrected chi connectivity index (χ4v) is 1.67. The molecule has 0 saturated heterocycles. The highest BCUT2D eigenvalue weighted by Gasteiger charge is 2.10. The Hall–Kier alpha value is -3.03. The molecule has 2 aromatic rings. The first-order chi connectivity index (χ1) is 10.5. The van der Waals surface area contributed by atoms with Crippen molar-refractivity contribution in [2.24, 2.45) is 0 Å². The van der Waals surface area contributed by atoms with Crippen LogP contribution in [-0.4, -0.2) is 29.5 Å². The van der Waals surface area contributed by atoms with Crippen molar-refractivity contribution in [2.75, 3.05) is 14.2 Å². The molecule has 0 aliphatic rings. The maximum atomic E-state index is 11.9. The van der Waals surface area contributed by atoms with Crippen LogP contribution in [0.3, 0.4) is 0 Å². The lowest BCUT2D eigenvalue weighted by Crippen LogP contribution is -2.34. The van der Waals surface area contributed by atoms with Gasteiger partial charge in [0.1, 0.15) is 18.0 Å². The van der Waals surface area contributed by atoms with Crippen LogP contribution < -0.4 is 25.4 Å². The second-order valence-corrected chi connectivity index (χ2v) is 4.23. The Morgan fingerprint density at radius 2 is 1.55 bits per heavy atom. The predicted molar refractivity (Wildman–Crippen MR) is 76.1 cm³/mol. The Kier molecular flexibility index (Phi) is 4.62. The van der Waals surface area contributed by atoms with E-state index in [0.29, 0.717) is 11.5 Å². The maximum absolute atomic E-state index is 11.9. The lowest BCUT2D eigenvalue weighted by Gasteiger charge is -2.09. The summed E-state index contributed by atoms with van der Waals surface area (Å²) < 4.78 is 11.8. The molecule has 8 nitrogen and oxygen atoms in total. The Labute approximate surface area is 125 Å². The summed E-state index contributed by atoms with van der Waals surface area (Å²) >= 11 is 0. The summed E-state index contributed by atoms with van der Waals surface area (Å²) in [5, 5.41) is 0. The van der Waals surface area contributed by atoms with E-state index < -0.39 is 17.1 Å². The molecule has 0 fully saturated rings. The third-order valence-electron chi connectivity index (χ3n) is 2.78. The standard InChI is InChI=1S/C14H14N2O6/c1-20-10-3-5-12(17)15(7-10)9-14(19)22-16-8-11(21-2)4-6-13(16)18/h3-8H,9H2,1-2H3. The number of rotatable bonds is 5. The zero-order valence-corrected chi connectivity index (χ0v) is 12.0. The highest BCUT2D eigenvalue weighted by atomic mass is 16.7. The van der Waals surface area contributed by atoms with Crippen LogP contribution in [-0.2, 0) is 11.3 Å². The van der Waals surface area contributed by atoms with Crippen LogP contribution in [0.5, 0.6) is 11.5 Å². The SMILES string of the molecule is COc1ccc(=O)n(CC(=O)On2cc(OC)ccc2=O)c1. The molecule has 0 aromatic carbocycles. The van der Waals surface area contributed by atoms with E-state index in [1.807, 2.05) is 0 Å². The Bertz CT molecular complexity index is 727. The highest BCUT2D eigenvalue weighted by molar-refractivity contribution is 5.69. The van der Waals surface area contributed by atoms with Gasteiger partial charge in [-0.25, -0.2) is 4.79 Å². The number of aromatic nitrogens is 2. The molecule has 2 rings (SSSR count). The van der Waals surface area contributed by atoms with Gasteiger partial charge in [0.15, 0.2) is 0 Å². The molecule has 0 saturated carbocycles. The van der Waals surface area contributed by atoms with E-state index in [0.717, 1.165) is 9.30 Å². The van der Waals surface area contributed by atoms with Gasteiger partial charge in [-0.1, -0.05) is 0 Å². The van der Waals surface area contributed by atoms with Gasteiger partial charge in [-0.05, 0) is 12.1 Å². The maximum Gasteiger partial charge on any atom is 0.352 e. The molecule has 0 N–H and O–H groups in total. The molecule has 0 bridgehead atoms. The first-order valence-electron chi connectivity index (χ1n) is 6.26. The minimum absolute atomic E-state index is 0.353. The van der Waals surface area contributed by atoms with Gasteiger partial charge in [0, 0.05) is 18.3 Å². The van der Waals surface area contributed by atoms with E-state index in [-0.39, 0.29) is 6.54 Å². The lowest BCUT2D eigenvalue weighted by molar-refractivity contribution is -0.145. The van der Waals surface area contributed by atoms with Crippen LogP contribution in [0.4, 0.5) is 0 Å². The van der Waals surface area contributed by atoms with Gasteiger partial charge >= 0.3 is 5.97 Å². The molecule has 2 aromatic heterocycles. The minimum Gasteiger partial charge on any atom is -0.495 e. The van der Waals surface area contributed by atoms with E-state index in [4.69, 9.17) is 14.3 Å². The number of nitrogens with zero attached hydrogens (tertiary/aromatic N) is 2. The average molecular weight is 306 g/mol. The fourth-order valence-electron chi connectivity index (χ4n) is 1.67. The molecule has 0 aliphatic heterocycles. The van der Waals surface area contributed by atoms with Crippen molar-refractivity contribution in [2.45, 2.75) is 6.54 Å². The van der Waals surface area contributed by atoms with Crippen LogP contribution >= 0.6 is 0 Å². The third-order valence-corrected chi connectivity index (χ3v) is 2.78. The Morgan fingerprint density at radius 3 is 2.18 bits per heavy atom. The molecule has 0 radical (unpaired) electrons. The van der Waals surface area contributed by atoms with Crippen LogP contribution in [0.15, 0.2) is 46.2 Å². The first kappa shape index (κ1) is 15.4. The van der Waals surface area contributed by atoms with E-state index >= 15 is 0 Å². The summed E-state index contributed by atoms with van der Waals surface area (Å²) in [6.07, 6.45) is 2.60. The van der Waals surface area contributed by atoms with Crippen molar-refractivity contribution in [3.05, 3.63) is 57.4 Å². The van der Waals surface area contributed by atoms with Crippen molar-refractivity contribution in [1.29, 1.82) is 0 Å². The second-order valence-electron chi connectivity index (χ2n) is 4.23. The van der Waals surface area contributed by atoms with Crippen molar-refractivity contribution in [3.63, 3.8) is 0 Å². The normalized spacial score (nSPS) is 10.1. The molecular formula is C14H14N2O6. The van der Waals surface area contributed by atoms with Crippen LogP contribution in [0.1, 0.15) is 0 Å². The topological polar surface area (TPSA) is 88.8 Å². The molecule has 116 valence electrons. The predicted octanol–water partition coefficient (Wildman–Crippen LogP) is -0.317. The summed E-state index contributed by atoms with van der Waals surface area (Å²) in [6.45, 7) is -0.361. The third kappa shape index (κ3) is 3.54. The molecule has 0 spiro atoms. The largest absolute Gasteiger partial charge is 0.495 e. The molecule has 22 heavy (non-hydrogen) atoms. The molecule has 0 unspecified atom stereocenters. The van der Waals surface area contributed by atoms with Gasteiger partial charge in [0.2, 0.25) is 0 Å². The number of pyridine rings is 2. The summed E-state index contributed by atoms with van der Waals surface area (Å²) in [4.78, 5) is 40.0. The van der Waals surface area contributed by atoms with Crippen LogP contribution in [0.25, 0.3) is 0 Å². The van der Waals surface area contributed by atoms with E-state index in [1.54, 1.807) is 0 Å². The number of carbonyl (C=O) groups excluding carboxylic acids is 1. The van der Waals surface area contributed by atoms with Gasteiger partial charge in [0.25, 0.3) is 11.1 Å². The number of hydrogen-bond acceptors (Lipinski definition) is 6. The number of methoxy groups -OCH3 is 2. The van der Waals surface area contributed by atoms with E-state index in [2.05, 4.69) is 0 Å².